The van der Waals surface area contributed by atoms with Crippen molar-refractivity contribution >= 4 is 12.1 Å². The monoisotopic (exact) mass is 263 g/mol. The van der Waals surface area contributed by atoms with E-state index in [-0.39, 0.29) is 13.2 Å². The van der Waals surface area contributed by atoms with Gasteiger partial charge in [0.05, 0.1) is 5.41 Å². The van der Waals surface area contributed by atoms with Crippen LogP contribution < -0.4 is 0 Å². The van der Waals surface area contributed by atoms with Crippen LogP contribution in [0.25, 0.3) is 0 Å². The zero-order valence-electron chi connectivity index (χ0n) is 10.8. The number of nitrogens with zero attached hydrogens (tertiary/aromatic N) is 1. The highest BCUT2D eigenvalue weighted by Crippen LogP contribution is 2.30. The van der Waals surface area contributed by atoms with Crippen LogP contribution in [0.2, 0.25) is 0 Å². The standard InChI is InChI=1S/C14H17NO4/c1-14(12(16)17)7-8-15(10-14)13(18)19-9-11-5-3-2-4-6-11/h2-6H,7-10H2,1H3,(H,16,17). The summed E-state index contributed by atoms with van der Waals surface area (Å²) in [6, 6.07) is 9.39. The highest BCUT2D eigenvalue weighted by molar-refractivity contribution is 5.77. The second-order valence-corrected chi connectivity index (χ2v) is 5.08. The van der Waals surface area contributed by atoms with Crippen molar-refractivity contribution in [2.75, 3.05) is 13.1 Å². The molecule has 1 aromatic rings. The van der Waals surface area contributed by atoms with Gasteiger partial charge in [-0.15, -0.1) is 0 Å². The SMILES string of the molecule is CC1(C(=O)O)CCN(C(=O)OCc2ccccc2)C1. The molecule has 1 aliphatic rings. The number of rotatable bonds is 3. The summed E-state index contributed by atoms with van der Waals surface area (Å²) < 4.78 is 5.18. The van der Waals surface area contributed by atoms with Gasteiger partial charge in [-0.3, -0.25) is 4.79 Å². The lowest BCUT2D eigenvalue weighted by Crippen LogP contribution is -2.35. The molecule has 1 unspecified atom stereocenters. The summed E-state index contributed by atoms with van der Waals surface area (Å²) in [5, 5.41) is 9.10. The summed E-state index contributed by atoms with van der Waals surface area (Å²) in [5.41, 5.74) is 0.0576. The largest absolute Gasteiger partial charge is 0.481 e. The number of ether oxygens (including phenoxy) is 1. The molecule has 5 nitrogen and oxygen atoms in total. The number of carbonyl (C=O) groups is 2. The summed E-state index contributed by atoms with van der Waals surface area (Å²) in [6.45, 7) is 2.49. The molecule has 0 bridgehead atoms. The third kappa shape index (κ3) is 3.05. The first kappa shape index (κ1) is 13.4. The Morgan fingerprint density at radius 1 is 1.37 bits per heavy atom. The average molecular weight is 263 g/mol. The number of aliphatic carboxylic acids is 1. The number of carboxylic acids is 1. The maximum Gasteiger partial charge on any atom is 0.410 e. The smallest absolute Gasteiger partial charge is 0.410 e. The second-order valence-electron chi connectivity index (χ2n) is 5.08. The van der Waals surface area contributed by atoms with Gasteiger partial charge in [-0.2, -0.15) is 0 Å². The molecule has 2 rings (SSSR count). The molecule has 1 aromatic carbocycles. The van der Waals surface area contributed by atoms with Gasteiger partial charge in [-0.1, -0.05) is 30.3 Å². The third-order valence-corrected chi connectivity index (χ3v) is 3.45. The molecular weight excluding hydrogens is 246 g/mol. The minimum atomic E-state index is -0.870. The van der Waals surface area contributed by atoms with E-state index in [2.05, 4.69) is 0 Å². The molecule has 0 saturated carbocycles. The van der Waals surface area contributed by atoms with Gasteiger partial charge in [0, 0.05) is 13.1 Å². The van der Waals surface area contributed by atoms with Crippen LogP contribution in [0.5, 0.6) is 0 Å². The van der Waals surface area contributed by atoms with Gasteiger partial charge < -0.3 is 14.7 Å². The fourth-order valence-corrected chi connectivity index (χ4v) is 2.10. The molecule has 1 N–H and O–H groups in total. The molecule has 0 spiro atoms. The Bertz CT molecular complexity index is 474. The first-order valence-corrected chi connectivity index (χ1v) is 6.20. The van der Waals surface area contributed by atoms with E-state index in [0.29, 0.717) is 13.0 Å². The molecule has 1 fully saturated rings. The van der Waals surface area contributed by atoms with E-state index in [1.54, 1.807) is 6.92 Å². The second kappa shape index (κ2) is 5.30. The molecule has 0 radical (unpaired) electrons. The van der Waals surface area contributed by atoms with Crippen molar-refractivity contribution < 1.29 is 19.4 Å². The molecule has 1 heterocycles. The van der Waals surface area contributed by atoms with Gasteiger partial charge in [0.25, 0.3) is 0 Å². The number of carbonyl (C=O) groups excluding carboxylic acids is 1. The molecule has 0 aromatic heterocycles. The van der Waals surface area contributed by atoms with E-state index in [1.165, 1.54) is 4.90 Å². The van der Waals surface area contributed by atoms with Crippen LogP contribution in [0.1, 0.15) is 18.9 Å². The van der Waals surface area contributed by atoms with Gasteiger partial charge >= 0.3 is 12.1 Å². The molecule has 1 aliphatic heterocycles. The number of benzene rings is 1. The maximum absolute atomic E-state index is 11.8. The summed E-state index contributed by atoms with van der Waals surface area (Å²) in [4.78, 5) is 24.4. The fourth-order valence-electron chi connectivity index (χ4n) is 2.10. The summed E-state index contributed by atoms with van der Waals surface area (Å²) in [6.07, 6.45) is 0.0109. The van der Waals surface area contributed by atoms with Crippen LogP contribution in [0.15, 0.2) is 30.3 Å². The van der Waals surface area contributed by atoms with Crippen molar-refractivity contribution in [1.82, 2.24) is 4.90 Å². The van der Waals surface area contributed by atoms with Crippen LogP contribution in [0.3, 0.4) is 0 Å². The van der Waals surface area contributed by atoms with E-state index < -0.39 is 17.5 Å². The van der Waals surface area contributed by atoms with Crippen molar-refractivity contribution in [1.29, 1.82) is 0 Å². The highest BCUT2D eigenvalue weighted by Gasteiger charge is 2.42. The van der Waals surface area contributed by atoms with Crippen LogP contribution in [-0.4, -0.2) is 35.2 Å². The van der Waals surface area contributed by atoms with Gasteiger partial charge in [0.2, 0.25) is 0 Å². The first-order valence-electron chi connectivity index (χ1n) is 6.20. The normalized spacial score (nSPS) is 22.3. The summed E-state index contributed by atoms with van der Waals surface area (Å²) in [5.74, 6) is -0.870. The van der Waals surface area contributed by atoms with Crippen LogP contribution in [-0.2, 0) is 16.1 Å². The summed E-state index contributed by atoms with van der Waals surface area (Å²) >= 11 is 0. The van der Waals surface area contributed by atoms with Crippen LogP contribution in [0.4, 0.5) is 4.79 Å². The minimum absolute atomic E-state index is 0.204. The van der Waals surface area contributed by atoms with Crippen LogP contribution in [0, 0.1) is 5.41 Å². The minimum Gasteiger partial charge on any atom is -0.481 e. The van der Waals surface area contributed by atoms with Crippen molar-refractivity contribution in [2.45, 2.75) is 20.0 Å². The lowest BCUT2D eigenvalue weighted by molar-refractivity contribution is -0.147. The summed E-state index contributed by atoms with van der Waals surface area (Å²) in [7, 11) is 0. The predicted molar refractivity (Wildman–Crippen MR) is 68.6 cm³/mol. The topological polar surface area (TPSA) is 66.8 Å². The quantitative estimate of drug-likeness (QED) is 0.907. The Kier molecular flexibility index (Phi) is 3.74. The van der Waals surface area contributed by atoms with E-state index in [9.17, 15) is 9.59 Å². The first-order chi connectivity index (χ1) is 9.01. The van der Waals surface area contributed by atoms with Gasteiger partial charge in [-0.05, 0) is 18.9 Å². The molecule has 0 aliphatic carbocycles. The van der Waals surface area contributed by atoms with Crippen molar-refractivity contribution in [3.8, 4) is 0 Å². The molecule has 1 atom stereocenters. The molecule has 5 heteroatoms. The zero-order chi connectivity index (χ0) is 13.9. The average Bonchev–Trinajstić information content (AvgIpc) is 2.81. The Morgan fingerprint density at radius 3 is 2.63 bits per heavy atom. The zero-order valence-corrected chi connectivity index (χ0v) is 10.8. The maximum atomic E-state index is 11.8. The van der Waals surface area contributed by atoms with E-state index >= 15 is 0 Å². The number of likely N-dealkylation sites (tertiary alicyclic amines) is 1. The van der Waals surface area contributed by atoms with Crippen molar-refractivity contribution in [2.24, 2.45) is 5.41 Å². The third-order valence-electron chi connectivity index (χ3n) is 3.45. The number of hydrogen-bond donors (Lipinski definition) is 1. The lowest BCUT2D eigenvalue weighted by atomic mass is 9.90. The van der Waals surface area contributed by atoms with Gasteiger partial charge in [-0.25, -0.2) is 4.79 Å². The van der Waals surface area contributed by atoms with E-state index in [4.69, 9.17) is 9.84 Å². The van der Waals surface area contributed by atoms with Crippen molar-refractivity contribution in [3.63, 3.8) is 0 Å². The number of carboxylic acid groups (broad SMARTS) is 1. The fraction of sp³-hybridized carbons (Fsp3) is 0.429. The molecular formula is C14H17NO4. The van der Waals surface area contributed by atoms with E-state index in [0.717, 1.165) is 5.56 Å². The van der Waals surface area contributed by atoms with Crippen LogP contribution >= 0.6 is 0 Å². The number of amides is 1. The predicted octanol–water partition coefficient (Wildman–Crippen LogP) is 2.12. The molecule has 1 amide bonds. The molecule has 1 saturated heterocycles. The van der Waals surface area contributed by atoms with Crippen molar-refractivity contribution in [3.05, 3.63) is 35.9 Å². The van der Waals surface area contributed by atoms with Gasteiger partial charge in [0.15, 0.2) is 0 Å². The Balaban J connectivity index is 1.87. The van der Waals surface area contributed by atoms with E-state index in [1.807, 2.05) is 30.3 Å². The Labute approximate surface area is 111 Å². The lowest BCUT2D eigenvalue weighted by Gasteiger charge is -2.19. The Morgan fingerprint density at radius 2 is 2.05 bits per heavy atom. The number of hydrogen-bond acceptors (Lipinski definition) is 3. The molecule has 102 valence electrons. The van der Waals surface area contributed by atoms with Gasteiger partial charge in [0.1, 0.15) is 6.61 Å². The highest BCUT2D eigenvalue weighted by atomic mass is 16.6. The Hall–Kier alpha value is -2.04. The molecule has 19 heavy (non-hydrogen) atoms.